The summed E-state index contributed by atoms with van der Waals surface area (Å²) in [5.74, 6) is -1.76. The molecular weight excluding hydrogens is 524 g/mol. The Kier molecular flexibility index (Phi) is 9.51. The van der Waals surface area contributed by atoms with Crippen molar-refractivity contribution >= 4 is 35.2 Å². The maximum absolute atomic E-state index is 14.7. The lowest BCUT2D eigenvalue weighted by molar-refractivity contribution is -0.155. The van der Waals surface area contributed by atoms with Crippen molar-refractivity contribution in [2.75, 3.05) is 31.2 Å². The lowest BCUT2D eigenvalue weighted by Gasteiger charge is -2.37. The van der Waals surface area contributed by atoms with Crippen LogP contribution in [0.25, 0.3) is 0 Å². The SMILES string of the molecule is C=CCCCOC(=O)[C@@H]1[C@H]2C(=O)N(CCCCCO)C(C(=O)N(CC=C)c3cc(C)ccc3C)C23CC[C@@]1(C)S3. The Morgan fingerprint density at radius 1 is 1.18 bits per heavy atom. The number of rotatable bonds is 14. The second kappa shape index (κ2) is 12.5. The zero-order chi connectivity index (χ0) is 29.1. The van der Waals surface area contributed by atoms with Crippen LogP contribution in [0, 0.1) is 25.7 Å². The molecular formula is C32H44N2O5S. The standard InChI is InChI=1S/C32H44N2O5S/c1-6-8-12-20-39-30(38)26-25-28(36)34(18-10-9-11-19-35)27(32(25)16-15-31(26,5)40-32)29(37)33(17-7-2)24-21-22(3)13-14-23(24)4/h6-7,13-14,21,25-27,35H,1-2,8-12,15-20H2,3-5H3/t25-,26-,27?,31+,32?/m0/s1. The van der Waals surface area contributed by atoms with Crippen molar-refractivity contribution in [3.8, 4) is 0 Å². The molecule has 1 spiro atoms. The molecule has 0 aliphatic carbocycles. The smallest absolute Gasteiger partial charge is 0.311 e. The molecule has 2 amide bonds. The van der Waals surface area contributed by atoms with Crippen molar-refractivity contribution in [3.63, 3.8) is 0 Å². The number of aliphatic hydroxyl groups is 1. The van der Waals surface area contributed by atoms with Gasteiger partial charge in [0.25, 0.3) is 5.91 Å². The minimum absolute atomic E-state index is 0.0938. The zero-order valence-corrected chi connectivity index (χ0v) is 25.0. The summed E-state index contributed by atoms with van der Waals surface area (Å²) in [6, 6.07) is 5.36. The highest BCUT2D eigenvalue weighted by molar-refractivity contribution is 8.02. The molecule has 1 aromatic carbocycles. The first kappa shape index (κ1) is 30.4. The van der Waals surface area contributed by atoms with Gasteiger partial charge >= 0.3 is 5.97 Å². The summed E-state index contributed by atoms with van der Waals surface area (Å²) in [4.78, 5) is 46.0. The molecule has 3 aliphatic heterocycles. The number of amides is 2. The number of likely N-dealkylation sites (tertiary alicyclic amines) is 1. The minimum atomic E-state index is -0.693. The molecule has 40 heavy (non-hydrogen) atoms. The molecule has 0 saturated carbocycles. The number of aryl methyl sites for hydroxylation is 2. The lowest BCUT2D eigenvalue weighted by atomic mass is 9.66. The van der Waals surface area contributed by atoms with Crippen LogP contribution in [0.1, 0.15) is 63.0 Å². The Morgan fingerprint density at radius 3 is 2.65 bits per heavy atom. The summed E-state index contributed by atoms with van der Waals surface area (Å²) < 4.78 is 4.57. The molecule has 2 unspecified atom stereocenters. The third-order valence-electron chi connectivity index (χ3n) is 8.85. The fraction of sp³-hybridized carbons (Fsp3) is 0.594. The number of hydrogen-bond donors (Lipinski definition) is 1. The molecule has 0 radical (unpaired) electrons. The third-order valence-corrected chi connectivity index (χ3v) is 10.8. The van der Waals surface area contributed by atoms with Gasteiger partial charge in [0.2, 0.25) is 5.91 Å². The van der Waals surface area contributed by atoms with Gasteiger partial charge in [-0.2, -0.15) is 0 Å². The maximum atomic E-state index is 14.7. The first-order chi connectivity index (χ1) is 19.1. The third kappa shape index (κ3) is 5.37. The van der Waals surface area contributed by atoms with Crippen LogP contribution in [-0.4, -0.2) is 69.6 Å². The number of allylic oxidation sites excluding steroid dienone is 1. The Labute approximate surface area is 243 Å². The number of carbonyl (C=O) groups excluding carboxylic acids is 3. The van der Waals surface area contributed by atoms with Gasteiger partial charge in [0.15, 0.2) is 0 Å². The molecule has 3 heterocycles. The number of aliphatic hydroxyl groups excluding tert-OH is 1. The Morgan fingerprint density at radius 2 is 1.95 bits per heavy atom. The van der Waals surface area contributed by atoms with E-state index in [-0.39, 0.29) is 24.4 Å². The topological polar surface area (TPSA) is 87.1 Å². The molecule has 218 valence electrons. The fourth-order valence-corrected chi connectivity index (χ4v) is 9.30. The molecule has 1 aromatic rings. The molecule has 4 rings (SSSR count). The van der Waals surface area contributed by atoms with Gasteiger partial charge in [0, 0.05) is 30.1 Å². The summed E-state index contributed by atoms with van der Waals surface area (Å²) in [7, 11) is 0. The summed E-state index contributed by atoms with van der Waals surface area (Å²) in [6.07, 6.45) is 8.51. The quantitative estimate of drug-likeness (QED) is 0.194. The molecule has 3 aliphatic rings. The van der Waals surface area contributed by atoms with E-state index in [1.807, 2.05) is 32.0 Å². The highest BCUT2D eigenvalue weighted by Gasteiger charge is 2.77. The van der Waals surface area contributed by atoms with Crippen molar-refractivity contribution in [2.45, 2.75) is 81.3 Å². The van der Waals surface area contributed by atoms with E-state index in [4.69, 9.17) is 4.74 Å². The van der Waals surface area contributed by atoms with Crippen molar-refractivity contribution in [1.29, 1.82) is 0 Å². The molecule has 3 fully saturated rings. The summed E-state index contributed by atoms with van der Waals surface area (Å²) >= 11 is 1.66. The van der Waals surface area contributed by atoms with E-state index in [1.165, 1.54) is 0 Å². The van der Waals surface area contributed by atoms with E-state index < -0.39 is 27.4 Å². The van der Waals surface area contributed by atoms with Gasteiger partial charge in [-0.05, 0) is 82.9 Å². The molecule has 0 aromatic heterocycles. The van der Waals surface area contributed by atoms with Crippen LogP contribution in [0.15, 0.2) is 43.5 Å². The van der Waals surface area contributed by atoms with Gasteiger partial charge in [-0.25, -0.2) is 0 Å². The van der Waals surface area contributed by atoms with Gasteiger partial charge in [-0.1, -0.05) is 24.3 Å². The number of anilines is 1. The number of benzene rings is 1. The lowest BCUT2D eigenvalue weighted by Crippen LogP contribution is -2.55. The van der Waals surface area contributed by atoms with E-state index in [2.05, 4.69) is 20.1 Å². The Bertz CT molecular complexity index is 1150. The van der Waals surface area contributed by atoms with Crippen molar-refractivity contribution < 1.29 is 24.2 Å². The second-order valence-corrected chi connectivity index (χ2v) is 13.6. The number of nitrogens with zero attached hydrogens (tertiary/aromatic N) is 2. The Balaban J connectivity index is 1.73. The van der Waals surface area contributed by atoms with Gasteiger partial charge in [0.1, 0.15) is 6.04 Å². The number of esters is 1. The monoisotopic (exact) mass is 568 g/mol. The predicted octanol–water partition coefficient (Wildman–Crippen LogP) is 4.98. The summed E-state index contributed by atoms with van der Waals surface area (Å²) in [6.45, 7) is 14.8. The molecule has 7 nitrogen and oxygen atoms in total. The number of ether oxygens (including phenoxy) is 1. The highest BCUT2D eigenvalue weighted by Crippen LogP contribution is 2.71. The van der Waals surface area contributed by atoms with Crippen LogP contribution in [0.4, 0.5) is 5.69 Å². The van der Waals surface area contributed by atoms with E-state index in [1.54, 1.807) is 33.7 Å². The number of unbranched alkanes of at least 4 members (excludes halogenated alkanes) is 3. The summed E-state index contributed by atoms with van der Waals surface area (Å²) in [5.41, 5.74) is 2.84. The molecule has 1 N–H and O–H groups in total. The largest absolute Gasteiger partial charge is 0.465 e. The van der Waals surface area contributed by atoms with Gasteiger partial charge in [0.05, 0.1) is 23.2 Å². The minimum Gasteiger partial charge on any atom is -0.465 e. The van der Waals surface area contributed by atoms with Crippen molar-refractivity contribution in [3.05, 3.63) is 54.6 Å². The normalized spacial score (nSPS) is 28.4. The first-order valence-electron chi connectivity index (χ1n) is 14.5. The average Bonchev–Trinajstić information content (AvgIpc) is 3.49. The number of hydrogen-bond acceptors (Lipinski definition) is 6. The van der Waals surface area contributed by atoms with Crippen LogP contribution >= 0.6 is 11.8 Å². The van der Waals surface area contributed by atoms with Crippen LogP contribution in [-0.2, 0) is 19.1 Å². The highest BCUT2D eigenvalue weighted by atomic mass is 32.2. The van der Waals surface area contributed by atoms with Crippen LogP contribution in [0.5, 0.6) is 0 Å². The van der Waals surface area contributed by atoms with Crippen molar-refractivity contribution in [2.24, 2.45) is 11.8 Å². The van der Waals surface area contributed by atoms with Gasteiger partial charge in [-0.3, -0.25) is 14.4 Å². The molecule has 2 bridgehead atoms. The van der Waals surface area contributed by atoms with Crippen molar-refractivity contribution in [1.82, 2.24) is 4.90 Å². The molecule has 8 heteroatoms. The molecule has 3 saturated heterocycles. The zero-order valence-electron chi connectivity index (χ0n) is 24.2. The van der Waals surface area contributed by atoms with Gasteiger partial charge < -0.3 is 19.6 Å². The number of carbonyl (C=O) groups is 3. The van der Waals surface area contributed by atoms with Crippen LogP contribution in [0.3, 0.4) is 0 Å². The van der Waals surface area contributed by atoms with E-state index >= 15 is 0 Å². The van der Waals surface area contributed by atoms with Crippen LogP contribution < -0.4 is 4.90 Å². The Hall–Kier alpha value is -2.58. The number of fused-ring (bicyclic) bond motifs is 1. The summed E-state index contributed by atoms with van der Waals surface area (Å²) in [5, 5.41) is 9.29. The van der Waals surface area contributed by atoms with E-state index in [9.17, 15) is 19.5 Å². The van der Waals surface area contributed by atoms with E-state index in [0.29, 0.717) is 45.4 Å². The average molecular weight is 569 g/mol. The fourth-order valence-electron chi connectivity index (χ4n) is 6.96. The second-order valence-electron chi connectivity index (χ2n) is 11.7. The number of thioether (sulfide) groups is 1. The maximum Gasteiger partial charge on any atom is 0.311 e. The molecule has 5 atom stereocenters. The van der Waals surface area contributed by atoms with Gasteiger partial charge in [-0.15, -0.1) is 24.9 Å². The first-order valence-corrected chi connectivity index (χ1v) is 15.4. The predicted molar refractivity (Wildman–Crippen MR) is 160 cm³/mol. The van der Waals surface area contributed by atoms with Crippen LogP contribution in [0.2, 0.25) is 0 Å². The van der Waals surface area contributed by atoms with E-state index in [0.717, 1.165) is 36.1 Å².